The molecule has 8 heteroatoms. The largest absolute Gasteiger partial charge is 0.503 e. The number of Topliss-reactive ketones (excluding diaryl/α,β-unsaturated/α-hetero) is 1. The lowest BCUT2D eigenvalue weighted by Gasteiger charge is -2.27. The molecular weight excluding hydrogens is 538 g/mol. The summed E-state index contributed by atoms with van der Waals surface area (Å²) in [4.78, 5) is 28.6. The van der Waals surface area contributed by atoms with E-state index in [1.54, 1.807) is 60.7 Å². The van der Waals surface area contributed by atoms with Crippen LogP contribution in [0.4, 0.5) is 5.69 Å². The summed E-state index contributed by atoms with van der Waals surface area (Å²) in [7, 11) is 1.53. The van der Waals surface area contributed by atoms with Gasteiger partial charge in [0, 0.05) is 21.6 Å². The molecule has 0 bridgehead atoms. The molecule has 7 nitrogen and oxygen atoms in total. The molecule has 1 N–H and O–H groups in total. The van der Waals surface area contributed by atoms with Crippen LogP contribution >= 0.6 is 15.9 Å². The van der Waals surface area contributed by atoms with Crippen molar-refractivity contribution in [2.45, 2.75) is 26.0 Å². The zero-order valence-corrected chi connectivity index (χ0v) is 22.0. The first-order valence-corrected chi connectivity index (χ1v) is 12.5. The first-order chi connectivity index (χ1) is 17.8. The minimum Gasteiger partial charge on any atom is -0.503 e. The summed E-state index contributed by atoms with van der Waals surface area (Å²) in [6.45, 7) is 3.86. The summed E-state index contributed by atoms with van der Waals surface area (Å²) < 4.78 is 17.8. The predicted molar refractivity (Wildman–Crippen MR) is 143 cm³/mol. The van der Waals surface area contributed by atoms with E-state index in [4.69, 9.17) is 13.9 Å². The lowest BCUT2D eigenvalue weighted by molar-refractivity contribution is -0.117. The number of nitrogens with zero attached hydrogens (tertiary/aromatic N) is 1. The fourth-order valence-corrected chi connectivity index (χ4v) is 4.82. The van der Waals surface area contributed by atoms with Gasteiger partial charge in [0.05, 0.1) is 24.8 Å². The Hall–Kier alpha value is -4.04. The standard InChI is InChI=1S/C29H24BrNO6/c1-16(2)36-21-10-7-17(8-11-21)26-25(27(32)24-14-18-13-19(30)9-12-23(18)37-24)28(33)29(34)31(26)20-5-4-6-22(15-20)35-3/h4-16,26,33H,1-3H3. The molecule has 1 atom stereocenters. The molecule has 5 rings (SSSR count). The zero-order valence-electron chi connectivity index (χ0n) is 20.4. The first kappa shape index (κ1) is 24.6. The normalized spacial score (nSPS) is 15.6. The highest BCUT2D eigenvalue weighted by molar-refractivity contribution is 9.10. The van der Waals surface area contributed by atoms with Gasteiger partial charge in [-0.05, 0) is 67.9 Å². The lowest BCUT2D eigenvalue weighted by Crippen LogP contribution is -2.31. The van der Waals surface area contributed by atoms with Gasteiger partial charge in [0.25, 0.3) is 5.91 Å². The number of hydrogen-bond donors (Lipinski definition) is 1. The number of ether oxygens (including phenoxy) is 2. The number of furan rings is 1. The van der Waals surface area contributed by atoms with Crippen molar-refractivity contribution in [2.75, 3.05) is 12.0 Å². The van der Waals surface area contributed by atoms with E-state index in [1.807, 2.05) is 26.0 Å². The number of aliphatic hydroxyl groups is 1. The number of carbonyl (C=O) groups excluding carboxylic acids is 2. The zero-order chi connectivity index (χ0) is 26.3. The summed E-state index contributed by atoms with van der Waals surface area (Å²) in [5.41, 5.74) is 1.55. The molecule has 188 valence electrons. The topological polar surface area (TPSA) is 89.2 Å². The Morgan fingerprint density at radius 3 is 2.49 bits per heavy atom. The van der Waals surface area contributed by atoms with Crippen molar-refractivity contribution in [3.8, 4) is 11.5 Å². The average molecular weight is 562 g/mol. The van der Waals surface area contributed by atoms with Crippen LogP contribution in [0, 0.1) is 0 Å². The summed E-state index contributed by atoms with van der Waals surface area (Å²) in [6, 6.07) is 20.1. The molecule has 0 aliphatic carbocycles. The van der Waals surface area contributed by atoms with Gasteiger partial charge in [-0.25, -0.2) is 0 Å². The van der Waals surface area contributed by atoms with Crippen molar-refractivity contribution in [1.82, 2.24) is 0 Å². The van der Waals surface area contributed by atoms with Crippen LogP contribution in [0.15, 0.2) is 93.0 Å². The van der Waals surface area contributed by atoms with Crippen LogP contribution < -0.4 is 14.4 Å². The molecule has 1 aliphatic heterocycles. The van der Waals surface area contributed by atoms with Gasteiger partial charge in [0.15, 0.2) is 11.5 Å². The molecule has 1 aromatic heterocycles. The Labute approximate surface area is 222 Å². The second kappa shape index (κ2) is 9.78. The van der Waals surface area contributed by atoms with Gasteiger partial charge in [0.1, 0.15) is 17.1 Å². The van der Waals surface area contributed by atoms with E-state index in [0.717, 1.165) is 9.86 Å². The summed E-state index contributed by atoms with van der Waals surface area (Å²) in [5.74, 6) is -0.674. The van der Waals surface area contributed by atoms with Gasteiger partial charge < -0.3 is 19.0 Å². The average Bonchev–Trinajstić information content (AvgIpc) is 3.42. The summed E-state index contributed by atoms with van der Waals surface area (Å²) >= 11 is 3.42. The highest BCUT2D eigenvalue weighted by Crippen LogP contribution is 2.43. The Balaban J connectivity index is 1.63. The number of benzene rings is 3. The number of fused-ring (bicyclic) bond motifs is 1. The first-order valence-electron chi connectivity index (χ1n) is 11.7. The number of amides is 1. The van der Waals surface area contributed by atoms with Crippen LogP contribution in [0.25, 0.3) is 11.0 Å². The van der Waals surface area contributed by atoms with E-state index in [9.17, 15) is 14.7 Å². The monoisotopic (exact) mass is 561 g/mol. The number of carbonyl (C=O) groups is 2. The van der Waals surface area contributed by atoms with Crippen LogP contribution in [0.2, 0.25) is 0 Å². The molecule has 0 saturated heterocycles. The maximum Gasteiger partial charge on any atom is 0.294 e. The second-order valence-corrected chi connectivity index (χ2v) is 9.81. The van der Waals surface area contributed by atoms with Gasteiger partial charge in [-0.3, -0.25) is 14.5 Å². The number of hydrogen-bond acceptors (Lipinski definition) is 6. The molecule has 3 aromatic carbocycles. The fraction of sp³-hybridized carbons (Fsp3) is 0.172. The number of halogens is 1. The number of anilines is 1. The van der Waals surface area contributed by atoms with Crippen LogP contribution in [-0.4, -0.2) is 30.0 Å². The van der Waals surface area contributed by atoms with Crippen LogP contribution in [0.5, 0.6) is 11.5 Å². The van der Waals surface area contributed by atoms with E-state index in [2.05, 4.69) is 15.9 Å². The third-order valence-corrected chi connectivity index (χ3v) is 6.55. The number of rotatable bonds is 7. The maximum atomic E-state index is 13.8. The van der Waals surface area contributed by atoms with Crippen LogP contribution in [0.1, 0.15) is 36.0 Å². The summed E-state index contributed by atoms with van der Waals surface area (Å²) in [6.07, 6.45) is -0.0126. The van der Waals surface area contributed by atoms with Crippen molar-refractivity contribution in [1.29, 1.82) is 0 Å². The molecule has 0 saturated carbocycles. The van der Waals surface area contributed by atoms with Crippen molar-refractivity contribution >= 4 is 44.3 Å². The molecule has 1 amide bonds. The quantitative estimate of drug-likeness (QED) is 0.250. The molecule has 37 heavy (non-hydrogen) atoms. The third kappa shape index (κ3) is 4.60. The molecule has 0 radical (unpaired) electrons. The van der Waals surface area contributed by atoms with Crippen molar-refractivity contribution in [3.05, 3.63) is 99.9 Å². The third-order valence-electron chi connectivity index (χ3n) is 6.05. The molecular formula is C29H24BrNO6. The molecule has 1 aliphatic rings. The van der Waals surface area contributed by atoms with Crippen LogP contribution in [-0.2, 0) is 4.79 Å². The minimum atomic E-state index is -0.903. The fourth-order valence-electron chi connectivity index (χ4n) is 4.44. The Kier molecular flexibility index (Phi) is 6.52. The predicted octanol–water partition coefficient (Wildman–Crippen LogP) is 6.77. The van der Waals surface area contributed by atoms with Gasteiger partial charge >= 0.3 is 0 Å². The van der Waals surface area contributed by atoms with E-state index in [1.165, 1.54) is 12.0 Å². The van der Waals surface area contributed by atoms with Crippen molar-refractivity contribution < 1.29 is 28.6 Å². The van der Waals surface area contributed by atoms with Gasteiger partial charge in [-0.15, -0.1) is 0 Å². The number of ketones is 1. The molecule has 1 unspecified atom stereocenters. The number of methoxy groups -OCH3 is 1. The van der Waals surface area contributed by atoms with E-state index >= 15 is 0 Å². The van der Waals surface area contributed by atoms with Crippen molar-refractivity contribution in [2.24, 2.45) is 0 Å². The SMILES string of the molecule is COc1cccc(N2C(=O)C(O)=C(C(=O)c3cc4cc(Br)ccc4o3)C2c2ccc(OC(C)C)cc2)c1. The van der Waals surface area contributed by atoms with E-state index in [-0.39, 0.29) is 17.4 Å². The molecule has 2 heterocycles. The molecule has 0 fully saturated rings. The smallest absolute Gasteiger partial charge is 0.294 e. The Morgan fingerprint density at radius 2 is 1.78 bits per heavy atom. The van der Waals surface area contributed by atoms with Crippen molar-refractivity contribution in [3.63, 3.8) is 0 Å². The van der Waals surface area contributed by atoms with Gasteiger partial charge in [-0.2, -0.15) is 0 Å². The molecule has 4 aromatic rings. The lowest BCUT2D eigenvalue weighted by atomic mass is 9.94. The minimum absolute atomic E-state index is 0.0126. The second-order valence-electron chi connectivity index (χ2n) is 8.90. The Bertz CT molecular complexity index is 1540. The van der Waals surface area contributed by atoms with Gasteiger partial charge in [0.2, 0.25) is 5.78 Å². The molecule has 0 spiro atoms. The van der Waals surface area contributed by atoms with Crippen LogP contribution in [0.3, 0.4) is 0 Å². The van der Waals surface area contributed by atoms with E-state index < -0.39 is 23.5 Å². The number of aliphatic hydroxyl groups excluding tert-OH is 1. The highest BCUT2D eigenvalue weighted by Gasteiger charge is 2.45. The highest BCUT2D eigenvalue weighted by atomic mass is 79.9. The Morgan fingerprint density at radius 1 is 1.03 bits per heavy atom. The van der Waals surface area contributed by atoms with E-state index in [0.29, 0.717) is 28.3 Å². The maximum absolute atomic E-state index is 13.8. The van der Waals surface area contributed by atoms with Gasteiger partial charge in [-0.1, -0.05) is 34.1 Å². The summed E-state index contributed by atoms with van der Waals surface area (Å²) in [5, 5.41) is 11.8.